The van der Waals surface area contributed by atoms with Gasteiger partial charge < -0.3 is 20.1 Å². The van der Waals surface area contributed by atoms with E-state index in [9.17, 15) is 14.9 Å². The molecule has 28 heavy (non-hydrogen) atoms. The standard InChI is InChI=1S/C16H19N5O5S2/c1-25-13-7-10(21(23)24)4-5-12(13)18-14(22)9-27-16-20-19-15(28-16)17-8-11-3-2-6-26-11/h4-5,7,11H,2-3,6,8-9H2,1H3,(H,17,19)(H,18,22). The quantitative estimate of drug-likeness (QED) is 0.354. The van der Waals surface area contributed by atoms with Crippen molar-refractivity contribution in [2.24, 2.45) is 0 Å². The van der Waals surface area contributed by atoms with E-state index >= 15 is 0 Å². The number of ether oxygens (including phenoxy) is 2. The van der Waals surface area contributed by atoms with Gasteiger partial charge >= 0.3 is 0 Å². The molecule has 10 nitrogen and oxygen atoms in total. The van der Waals surface area contributed by atoms with Crippen molar-refractivity contribution in [3.8, 4) is 5.75 Å². The van der Waals surface area contributed by atoms with Crippen LogP contribution in [0.15, 0.2) is 22.5 Å². The molecule has 0 radical (unpaired) electrons. The van der Waals surface area contributed by atoms with E-state index in [1.807, 2.05) is 0 Å². The second-order valence-corrected chi connectivity index (χ2v) is 8.07. The molecule has 2 heterocycles. The van der Waals surface area contributed by atoms with Gasteiger partial charge in [-0.15, -0.1) is 10.2 Å². The van der Waals surface area contributed by atoms with Crippen LogP contribution in [0.4, 0.5) is 16.5 Å². The fourth-order valence-corrected chi connectivity index (χ4v) is 4.12. The number of nitro benzene ring substituents is 1. The van der Waals surface area contributed by atoms with Gasteiger partial charge in [0.05, 0.1) is 35.6 Å². The lowest BCUT2D eigenvalue weighted by Crippen LogP contribution is -2.18. The Morgan fingerprint density at radius 1 is 1.50 bits per heavy atom. The van der Waals surface area contributed by atoms with Gasteiger partial charge in [0.15, 0.2) is 4.34 Å². The first kappa shape index (κ1) is 20.3. The maximum Gasteiger partial charge on any atom is 0.273 e. The van der Waals surface area contributed by atoms with E-state index in [1.165, 1.54) is 48.4 Å². The van der Waals surface area contributed by atoms with Gasteiger partial charge in [0.25, 0.3) is 5.69 Å². The Morgan fingerprint density at radius 3 is 3.07 bits per heavy atom. The van der Waals surface area contributed by atoms with Crippen molar-refractivity contribution < 1.29 is 19.2 Å². The van der Waals surface area contributed by atoms with Crippen molar-refractivity contribution in [3.63, 3.8) is 0 Å². The molecule has 150 valence electrons. The molecule has 1 amide bonds. The number of benzene rings is 1. The highest BCUT2D eigenvalue weighted by Gasteiger charge is 2.17. The fourth-order valence-electron chi connectivity index (χ4n) is 2.56. The van der Waals surface area contributed by atoms with Gasteiger partial charge in [-0.05, 0) is 18.9 Å². The number of carbonyl (C=O) groups is 1. The number of amides is 1. The summed E-state index contributed by atoms with van der Waals surface area (Å²) in [6.07, 6.45) is 2.33. The molecule has 0 bridgehead atoms. The first-order valence-electron chi connectivity index (χ1n) is 8.49. The predicted octanol–water partition coefficient (Wildman–Crippen LogP) is 2.78. The summed E-state index contributed by atoms with van der Waals surface area (Å²) in [4.78, 5) is 22.5. The van der Waals surface area contributed by atoms with E-state index in [2.05, 4.69) is 20.8 Å². The van der Waals surface area contributed by atoms with Crippen LogP contribution in [-0.4, -0.2) is 53.1 Å². The zero-order valence-electron chi connectivity index (χ0n) is 15.0. The minimum Gasteiger partial charge on any atom is -0.494 e. The summed E-state index contributed by atoms with van der Waals surface area (Å²) in [5.41, 5.74) is 0.260. The highest BCUT2D eigenvalue weighted by atomic mass is 32.2. The molecule has 2 aromatic rings. The number of nitrogens with one attached hydrogen (secondary N) is 2. The zero-order chi connectivity index (χ0) is 19.9. The summed E-state index contributed by atoms with van der Waals surface area (Å²) in [6, 6.07) is 4.01. The first-order chi connectivity index (χ1) is 13.5. The number of nitrogens with zero attached hydrogens (tertiary/aromatic N) is 3. The van der Waals surface area contributed by atoms with Gasteiger partial charge in [-0.25, -0.2) is 0 Å². The molecule has 2 N–H and O–H groups in total. The molecule has 1 saturated heterocycles. The first-order valence-corrected chi connectivity index (χ1v) is 10.3. The summed E-state index contributed by atoms with van der Waals surface area (Å²) < 4.78 is 11.3. The summed E-state index contributed by atoms with van der Waals surface area (Å²) >= 11 is 2.63. The Morgan fingerprint density at radius 2 is 2.36 bits per heavy atom. The third-order valence-corrected chi connectivity index (χ3v) is 5.92. The number of thioether (sulfide) groups is 1. The molecule has 0 aliphatic carbocycles. The summed E-state index contributed by atoms with van der Waals surface area (Å²) in [7, 11) is 1.38. The summed E-state index contributed by atoms with van der Waals surface area (Å²) in [6.45, 7) is 1.50. The smallest absolute Gasteiger partial charge is 0.273 e. The van der Waals surface area contributed by atoms with Gasteiger partial charge in [0.2, 0.25) is 11.0 Å². The normalized spacial score (nSPS) is 16.0. The number of hydrogen-bond acceptors (Lipinski definition) is 10. The van der Waals surface area contributed by atoms with Gasteiger partial charge in [-0.1, -0.05) is 23.1 Å². The number of hydrogen-bond donors (Lipinski definition) is 2. The number of aromatic nitrogens is 2. The molecule has 1 aliphatic heterocycles. The molecule has 0 saturated carbocycles. The van der Waals surface area contributed by atoms with E-state index in [0.29, 0.717) is 21.7 Å². The van der Waals surface area contributed by atoms with Crippen LogP contribution < -0.4 is 15.4 Å². The van der Waals surface area contributed by atoms with Crippen molar-refractivity contribution in [1.29, 1.82) is 0 Å². The molecular formula is C16H19N5O5S2. The van der Waals surface area contributed by atoms with Gasteiger partial charge in [0, 0.05) is 19.2 Å². The molecule has 1 fully saturated rings. The largest absolute Gasteiger partial charge is 0.494 e. The van der Waals surface area contributed by atoms with Crippen molar-refractivity contribution in [3.05, 3.63) is 28.3 Å². The second kappa shape index (κ2) is 9.66. The van der Waals surface area contributed by atoms with Crippen LogP contribution in [0.3, 0.4) is 0 Å². The van der Waals surface area contributed by atoms with Crippen molar-refractivity contribution in [2.75, 3.05) is 36.6 Å². The number of rotatable bonds is 9. The molecule has 1 atom stereocenters. The number of nitro groups is 1. The van der Waals surface area contributed by atoms with Gasteiger partial charge in [-0.2, -0.15) is 0 Å². The monoisotopic (exact) mass is 425 g/mol. The predicted molar refractivity (Wildman–Crippen MR) is 106 cm³/mol. The van der Waals surface area contributed by atoms with E-state index in [4.69, 9.17) is 9.47 Å². The number of methoxy groups -OCH3 is 1. The molecular weight excluding hydrogens is 406 g/mol. The molecule has 1 aromatic heterocycles. The van der Waals surface area contributed by atoms with Crippen molar-refractivity contribution >= 4 is 45.5 Å². The Labute approximate surface area is 169 Å². The van der Waals surface area contributed by atoms with Crippen LogP contribution in [0, 0.1) is 10.1 Å². The molecule has 1 aliphatic rings. The Balaban J connectivity index is 1.48. The van der Waals surface area contributed by atoms with Gasteiger partial charge in [0.1, 0.15) is 5.75 Å². The summed E-state index contributed by atoms with van der Waals surface area (Å²) in [5.74, 6) is 0.0749. The fraction of sp³-hybridized carbons (Fsp3) is 0.438. The average Bonchev–Trinajstić information content (AvgIpc) is 3.36. The van der Waals surface area contributed by atoms with Gasteiger partial charge in [-0.3, -0.25) is 14.9 Å². The third kappa shape index (κ3) is 5.53. The van der Waals surface area contributed by atoms with E-state index < -0.39 is 4.92 Å². The molecule has 0 spiro atoms. The van der Waals surface area contributed by atoms with E-state index in [1.54, 1.807) is 0 Å². The highest BCUT2D eigenvalue weighted by Crippen LogP contribution is 2.30. The van der Waals surface area contributed by atoms with Crippen LogP contribution in [-0.2, 0) is 9.53 Å². The van der Waals surface area contributed by atoms with E-state index in [0.717, 1.165) is 19.4 Å². The molecule has 1 aromatic carbocycles. The summed E-state index contributed by atoms with van der Waals surface area (Å²) in [5, 5.41) is 25.5. The van der Waals surface area contributed by atoms with Crippen LogP contribution in [0.25, 0.3) is 0 Å². The lowest BCUT2D eigenvalue weighted by Gasteiger charge is -2.09. The number of anilines is 2. The van der Waals surface area contributed by atoms with Crippen LogP contribution in [0.1, 0.15) is 12.8 Å². The molecule has 1 unspecified atom stereocenters. The van der Waals surface area contributed by atoms with Crippen molar-refractivity contribution in [2.45, 2.75) is 23.3 Å². The number of non-ortho nitro benzene ring substituents is 1. The van der Waals surface area contributed by atoms with Crippen LogP contribution >= 0.6 is 23.1 Å². The average molecular weight is 425 g/mol. The topological polar surface area (TPSA) is 129 Å². The minimum absolute atomic E-state index is 0.110. The zero-order valence-corrected chi connectivity index (χ0v) is 16.7. The van der Waals surface area contributed by atoms with Crippen molar-refractivity contribution in [1.82, 2.24) is 10.2 Å². The maximum atomic E-state index is 12.2. The lowest BCUT2D eigenvalue weighted by atomic mass is 10.2. The Hall–Kier alpha value is -2.44. The van der Waals surface area contributed by atoms with Crippen LogP contribution in [0.2, 0.25) is 0 Å². The molecule has 3 rings (SSSR count). The molecule has 12 heteroatoms. The minimum atomic E-state index is -0.524. The van der Waals surface area contributed by atoms with E-state index in [-0.39, 0.29) is 29.2 Å². The highest BCUT2D eigenvalue weighted by molar-refractivity contribution is 8.01. The third-order valence-electron chi connectivity index (χ3n) is 3.91. The Bertz CT molecular complexity index is 841. The second-order valence-electron chi connectivity index (χ2n) is 5.87. The number of carbonyl (C=O) groups excluding carboxylic acids is 1. The SMILES string of the molecule is COc1cc([N+](=O)[O-])ccc1NC(=O)CSc1nnc(NCC2CCCO2)s1. The maximum absolute atomic E-state index is 12.2. The lowest BCUT2D eigenvalue weighted by molar-refractivity contribution is -0.384. The van der Waals surface area contributed by atoms with Crippen LogP contribution in [0.5, 0.6) is 5.75 Å². The Kier molecular flexibility index (Phi) is 7.01.